The summed E-state index contributed by atoms with van der Waals surface area (Å²) in [5, 5.41) is 9.68. The van der Waals surface area contributed by atoms with Crippen LogP contribution in [0.1, 0.15) is 18.4 Å². The first-order chi connectivity index (χ1) is 19.5. The first-order valence-electron chi connectivity index (χ1n) is 13.3. The Kier molecular flexibility index (Phi) is 8.65. The highest BCUT2D eigenvalue weighted by molar-refractivity contribution is 9.10. The molecule has 1 atom stereocenters. The van der Waals surface area contributed by atoms with E-state index in [9.17, 15) is 0 Å². The summed E-state index contributed by atoms with van der Waals surface area (Å²) in [6.45, 7) is 3.95. The summed E-state index contributed by atoms with van der Waals surface area (Å²) < 4.78 is 2.71. The van der Waals surface area contributed by atoms with Gasteiger partial charge in [0.1, 0.15) is 5.82 Å². The molecule has 3 aromatic carbocycles. The first kappa shape index (κ1) is 27.6. The normalized spacial score (nSPS) is 15.9. The van der Waals surface area contributed by atoms with E-state index in [1.807, 2.05) is 47.0 Å². The quantitative estimate of drug-likeness (QED) is 0.181. The van der Waals surface area contributed by atoms with Gasteiger partial charge in [-0.3, -0.25) is 4.90 Å². The van der Waals surface area contributed by atoms with Crippen LogP contribution < -0.4 is 5.32 Å². The molecule has 3 heterocycles. The van der Waals surface area contributed by atoms with E-state index in [-0.39, 0.29) is 0 Å². The van der Waals surface area contributed by atoms with E-state index in [0.717, 1.165) is 58.4 Å². The fourth-order valence-corrected chi connectivity index (χ4v) is 6.83. The van der Waals surface area contributed by atoms with Crippen LogP contribution in [0.15, 0.2) is 99.3 Å². The maximum atomic E-state index is 6.51. The van der Waals surface area contributed by atoms with Crippen LogP contribution in [-0.4, -0.2) is 39.1 Å². The van der Waals surface area contributed by atoms with Gasteiger partial charge in [0.05, 0.1) is 16.4 Å². The summed E-state index contributed by atoms with van der Waals surface area (Å²) in [7, 11) is 0. The number of rotatable bonds is 8. The van der Waals surface area contributed by atoms with Gasteiger partial charge >= 0.3 is 0 Å². The second-order valence-electron chi connectivity index (χ2n) is 10.0. The van der Waals surface area contributed by atoms with Crippen LogP contribution in [-0.2, 0) is 6.54 Å². The Hall–Kier alpha value is -2.55. The molecule has 40 heavy (non-hydrogen) atoms. The molecule has 1 aliphatic heterocycles. The average molecular weight is 653 g/mol. The van der Waals surface area contributed by atoms with Crippen molar-refractivity contribution in [3.63, 3.8) is 0 Å². The average Bonchev–Trinajstić information content (AvgIpc) is 3.35. The summed E-state index contributed by atoms with van der Waals surface area (Å²) >= 11 is 18.0. The maximum absolute atomic E-state index is 6.51. The summed E-state index contributed by atoms with van der Waals surface area (Å²) in [6, 6.07) is 26.6. The molecule has 0 radical (unpaired) electrons. The van der Waals surface area contributed by atoms with Crippen LogP contribution in [0.3, 0.4) is 0 Å². The molecule has 204 valence electrons. The van der Waals surface area contributed by atoms with E-state index >= 15 is 0 Å². The molecule has 1 aliphatic rings. The number of hydrogen-bond acceptors (Lipinski definition) is 5. The third-order valence-corrected chi connectivity index (χ3v) is 9.43. The van der Waals surface area contributed by atoms with Gasteiger partial charge in [-0.2, -0.15) is 9.61 Å². The smallest absolute Gasteiger partial charge is 0.172 e. The van der Waals surface area contributed by atoms with Crippen molar-refractivity contribution in [2.75, 3.05) is 25.0 Å². The maximum Gasteiger partial charge on any atom is 0.172 e. The molecule has 0 amide bonds. The second-order valence-corrected chi connectivity index (χ2v) is 12.8. The predicted octanol–water partition coefficient (Wildman–Crippen LogP) is 8.94. The van der Waals surface area contributed by atoms with Gasteiger partial charge in [0.25, 0.3) is 0 Å². The monoisotopic (exact) mass is 651 g/mol. The van der Waals surface area contributed by atoms with Gasteiger partial charge in [-0.15, -0.1) is 0 Å². The topological polar surface area (TPSA) is 45.5 Å². The van der Waals surface area contributed by atoms with Gasteiger partial charge in [-0.05, 0) is 83.2 Å². The van der Waals surface area contributed by atoms with Crippen LogP contribution in [0.25, 0.3) is 16.9 Å². The van der Waals surface area contributed by atoms with Gasteiger partial charge in [0, 0.05) is 51.1 Å². The molecule has 5 nitrogen and oxygen atoms in total. The minimum Gasteiger partial charge on any atom is -0.370 e. The van der Waals surface area contributed by atoms with Crippen LogP contribution in [0, 0.1) is 5.92 Å². The predicted molar refractivity (Wildman–Crippen MR) is 170 cm³/mol. The number of halogens is 3. The van der Waals surface area contributed by atoms with E-state index in [1.54, 1.807) is 18.0 Å². The molecule has 2 aromatic heterocycles. The molecular weight excluding hydrogens is 625 g/mol. The van der Waals surface area contributed by atoms with E-state index in [0.29, 0.717) is 10.9 Å². The Balaban J connectivity index is 1.15. The Bertz CT molecular complexity index is 1620. The Morgan fingerprint density at radius 3 is 2.65 bits per heavy atom. The zero-order valence-corrected chi connectivity index (χ0v) is 25.6. The van der Waals surface area contributed by atoms with Crippen LogP contribution in [0.5, 0.6) is 0 Å². The number of hydrogen-bond donors (Lipinski definition) is 1. The Morgan fingerprint density at radius 1 is 1.00 bits per heavy atom. The highest BCUT2D eigenvalue weighted by atomic mass is 79.9. The van der Waals surface area contributed by atoms with Gasteiger partial charge in [-0.1, -0.05) is 71.4 Å². The minimum absolute atomic E-state index is 0.524. The second kappa shape index (κ2) is 12.5. The molecular formula is C31H28BrCl2N5S. The fraction of sp³-hybridized carbons (Fsp3) is 0.226. The van der Waals surface area contributed by atoms with Crippen molar-refractivity contribution in [1.29, 1.82) is 0 Å². The molecule has 1 saturated heterocycles. The number of nitrogens with zero attached hydrogens (tertiary/aromatic N) is 4. The number of likely N-dealkylation sites (tertiary alicyclic amines) is 1. The third kappa shape index (κ3) is 6.34. The van der Waals surface area contributed by atoms with Crippen LogP contribution in [0.4, 0.5) is 5.82 Å². The van der Waals surface area contributed by atoms with E-state index in [2.05, 4.69) is 67.6 Å². The van der Waals surface area contributed by atoms with Gasteiger partial charge in [-0.25, -0.2) is 4.98 Å². The molecule has 9 heteroatoms. The van der Waals surface area contributed by atoms with Crippen LogP contribution in [0.2, 0.25) is 10.0 Å². The van der Waals surface area contributed by atoms with Crippen LogP contribution >= 0.6 is 50.9 Å². The largest absolute Gasteiger partial charge is 0.370 e. The van der Waals surface area contributed by atoms with Crippen molar-refractivity contribution in [1.82, 2.24) is 19.5 Å². The van der Waals surface area contributed by atoms with E-state index in [4.69, 9.17) is 28.2 Å². The van der Waals surface area contributed by atoms with Crippen molar-refractivity contribution in [2.45, 2.75) is 29.2 Å². The van der Waals surface area contributed by atoms with E-state index < -0.39 is 0 Å². The highest BCUT2D eigenvalue weighted by Crippen LogP contribution is 2.33. The summed E-state index contributed by atoms with van der Waals surface area (Å²) in [6.07, 6.45) is 4.16. The molecule has 0 spiro atoms. The van der Waals surface area contributed by atoms with Crippen molar-refractivity contribution in [3.05, 3.63) is 105 Å². The lowest BCUT2D eigenvalue weighted by Gasteiger charge is -2.33. The molecule has 1 unspecified atom stereocenters. The molecule has 1 N–H and O–H groups in total. The number of fused-ring (bicyclic) bond motifs is 1. The molecule has 0 saturated carbocycles. The van der Waals surface area contributed by atoms with Gasteiger partial charge < -0.3 is 5.32 Å². The zero-order valence-electron chi connectivity index (χ0n) is 21.7. The summed E-state index contributed by atoms with van der Waals surface area (Å²) in [4.78, 5) is 9.91. The molecule has 0 bridgehead atoms. The van der Waals surface area contributed by atoms with Crippen molar-refractivity contribution >= 4 is 62.4 Å². The summed E-state index contributed by atoms with van der Waals surface area (Å²) in [5.41, 5.74) is 3.85. The Labute approximate surface area is 257 Å². The van der Waals surface area contributed by atoms with Crippen molar-refractivity contribution in [3.8, 4) is 11.3 Å². The lowest BCUT2D eigenvalue weighted by molar-refractivity contribution is 0.172. The highest BCUT2D eigenvalue weighted by Gasteiger charge is 2.22. The number of piperidine rings is 1. The minimum atomic E-state index is 0.524. The van der Waals surface area contributed by atoms with Gasteiger partial charge in [0.2, 0.25) is 0 Å². The Morgan fingerprint density at radius 2 is 1.80 bits per heavy atom. The molecule has 0 aliphatic carbocycles. The standard InChI is InChI=1S/C31H28BrCl2N5S/c32-26-18-36-39-30(16-28(37-31(26)39)25-8-2-3-9-27(25)34)35-17-21-6-5-15-38(19-21)20-22-7-1-4-10-29(22)40-24-13-11-23(33)12-14-24/h1-4,7-14,16,18,21,35H,5-6,15,17,19-20H2. The number of benzene rings is 3. The molecule has 5 aromatic rings. The molecule has 1 fully saturated rings. The molecule has 6 rings (SSSR count). The lowest BCUT2D eigenvalue weighted by Crippen LogP contribution is -2.37. The van der Waals surface area contributed by atoms with Crippen molar-refractivity contribution < 1.29 is 0 Å². The number of aromatic nitrogens is 3. The SMILES string of the molecule is Clc1ccc(Sc2ccccc2CN2CCCC(CNc3cc(-c4ccccc4Cl)nc4c(Br)cnn34)C2)cc1. The fourth-order valence-electron chi connectivity index (χ4n) is 5.18. The summed E-state index contributed by atoms with van der Waals surface area (Å²) in [5.74, 6) is 1.43. The van der Waals surface area contributed by atoms with Crippen molar-refractivity contribution in [2.24, 2.45) is 5.92 Å². The number of nitrogens with one attached hydrogen (secondary N) is 1. The van der Waals surface area contributed by atoms with Gasteiger partial charge in [0.15, 0.2) is 5.65 Å². The lowest BCUT2D eigenvalue weighted by atomic mass is 9.97. The first-order valence-corrected chi connectivity index (χ1v) is 15.7. The van der Waals surface area contributed by atoms with E-state index in [1.165, 1.54) is 28.2 Å². The zero-order chi connectivity index (χ0) is 27.5. The number of anilines is 1. The third-order valence-electron chi connectivity index (χ3n) is 7.16.